The molecule has 2 saturated carbocycles. The molecule has 2 heterocycles. The Balaban J connectivity index is 0.000000306. The molecule has 1 atom stereocenters. The normalized spacial score (nSPS) is 18.3. The number of urea groups is 2. The molecule has 4 amide bonds. The molecule has 2 aliphatic heterocycles. The van der Waals surface area contributed by atoms with Gasteiger partial charge >= 0.3 is 12.1 Å². The van der Waals surface area contributed by atoms with Crippen molar-refractivity contribution in [3.05, 3.63) is 59.7 Å². The number of anilines is 2. The molecule has 0 radical (unpaired) electrons. The van der Waals surface area contributed by atoms with Crippen LogP contribution < -0.4 is 26.6 Å². The topological polar surface area (TPSA) is 166 Å². The van der Waals surface area contributed by atoms with Crippen molar-refractivity contribution in [1.82, 2.24) is 20.3 Å². The molecule has 2 aliphatic carbocycles. The van der Waals surface area contributed by atoms with Crippen molar-refractivity contribution in [3.8, 4) is 0 Å². The Hall–Kier alpha value is -1.43. The fraction of sp³-hybridized carbons (Fsp3) is 0.611. The van der Waals surface area contributed by atoms with E-state index in [1.54, 1.807) is 14.1 Å². The summed E-state index contributed by atoms with van der Waals surface area (Å²) in [6, 6.07) is 15.8. The SMILES string of the molecule is CC(C)c1ccc(NC(=O)NC2CCN(S(=O)(=O)C3CC3)CC2)cc1.CC(C)c1ccc(NC(=O)NC2CCNCC2)cc1.O=S(=O)(Cl)C1CC1.[3H]P.[U]. The average Bonchev–Trinajstić information content (AvgIpc) is 4.04. The van der Waals surface area contributed by atoms with Crippen molar-refractivity contribution >= 4 is 63.0 Å². The molecular weight excluding hydrogens is 981 g/mol. The van der Waals surface area contributed by atoms with Crippen molar-refractivity contribution in [3.63, 3.8) is 0 Å². The van der Waals surface area contributed by atoms with Gasteiger partial charge in [0.15, 0.2) is 0 Å². The van der Waals surface area contributed by atoms with E-state index in [4.69, 9.17) is 12.0 Å². The third kappa shape index (κ3) is 16.7. The number of hydrogen-bond acceptors (Lipinski definition) is 7. The van der Waals surface area contributed by atoms with Crippen LogP contribution in [0.5, 0.6) is 0 Å². The van der Waals surface area contributed by atoms with E-state index in [9.17, 15) is 26.4 Å². The van der Waals surface area contributed by atoms with Crippen LogP contribution >= 0.6 is 20.5 Å². The zero-order valence-electron chi connectivity index (χ0n) is 32.2. The first-order valence-corrected chi connectivity index (χ1v) is 22.0. The number of carbonyl (C=O) groups is 2. The first kappa shape index (κ1) is 46.0. The van der Waals surface area contributed by atoms with Crippen molar-refractivity contribution in [2.75, 3.05) is 36.8 Å². The second-order valence-corrected chi connectivity index (χ2v) is 19.5. The maximum Gasteiger partial charge on any atom is 0.319 e. The summed E-state index contributed by atoms with van der Waals surface area (Å²) < 4.78 is 52.0. The van der Waals surface area contributed by atoms with Crippen molar-refractivity contribution in [2.45, 2.75) is 113 Å². The molecule has 0 aromatic heterocycles. The molecule has 17 heteroatoms. The second kappa shape index (κ2) is 22.3. The Morgan fingerprint density at radius 3 is 1.40 bits per heavy atom. The Bertz CT molecular complexity index is 1660. The quantitative estimate of drug-likeness (QED) is 0.144. The molecule has 1 unspecified atom stereocenters. The number of piperidine rings is 2. The largest absolute Gasteiger partial charge is 0.335 e. The van der Waals surface area contributed by atoms with Crippen LogP contribution in [-0.2, 0) is 19.1 Å². The van der Waals surface area contributed by atoms with Crippen LogP contribution in [0.15, 0.2) is 48.5 Å². The number of benzene rings is 2. The molecule has 4 aliphatic rings. The average molecular weight is 1040 g/mol. The summed E-state index contributed by atoms with van der Waals surface area (Å²) >= 11 is 0. The van der Waals surface area contributed by atoms with E-state index in [2.05, 4.69) is 66.4 Å². The van der Waals surface area contributed by atoms with Crippen LogP contribution in [0.3, 0.4) is 0 Å². The molecule has 6 rings (SSSR count). The molecule has 12 nitrogen and oxygen atoms in total. The van der Waals surface area contributed by atoms with Gasteiger partial charge in [0.1, 0.15) is 0 Å². The zero-order chi connectivity index (χ0) is 39.2. The van der Waals surface area contributed by atoms with Gasteiger partial charge in [0.25, 0.3) is 0 Å². The van der Waals surface area contributed by atoms with Gasteiger partial charge in [-0.3, -0.25) is 0 Å². The molecule has 0 spiro atoms. The van der Waals surface area contributed by atoms with E-state index in [1.807, 2.05) is 36.4 Å². The first-order valence-electron chi connectivity index (χ1n) is 18.7. The third-order valence-corrected chi connectivity index (χ3v) is 13.8. The summed E-state index contributed by atoms with van der Waals surface area (Å²) in [5, 5.41) is 14.6. The molecule has 2 saturated heterocycles. The number of nitrogens with zero attached hydrogens (tertiary/aromatic N) is 1. The monoisotopic (exact) mass is 1040 g/mol. The van der Waals surface area contributed by atoms with E-state index >= 15 is 0 Å². The fourth-order valence-electron chi connectivity index (χ4n) is 5.76. The third-order valence-electron chi connectivity index (χ3n) is 9.36. The van der Waals surface area contributed by atoms with Crippen molar-refractivity contribution in [1.29, 1.82) is 1.28 Å². The number of nitrogens with one attached hydrogen (secondary N) is 5. The van der Waals surface area contributed by atoms with E-state index in [0.29, 0.717) is 37.8 Å². The van der Waals surface area contributed by atoms with Gasteiger partial charge in [-0.2, -0.15) is 9.84 Å². The maximum absolute atomic E-state index is 12.2. The van der Waals surface area contributed by atoms with Gasteiger partial charge in [0.2, 0.25) is 19.1 Å². The Morgan fingerprint density at radius 2 is 1.08 bits per heavy atom. The summed E-state index contributed by atoms with van der Waals surface area (Å²) in [6.07, 6.45) is 6.41. The molecule has 2 aromatic rings. The van der Waals surface area contributed by atoms with Crippen LogP contribution in [0.4, 0.5) is 21.0 Å². The minimum absolute atomic E-state index is 0. The summed E-state index contributed by atoms with van der Waals surface area (Å²) in [5.41, 5.74) is 4.12. The number of carbonyl (C=O) groups excluding carboxylic acids is 2. The molecule has 296 valence electrons. The Kier molecular flexibility index (Phi) is 19.4. The predicted molar refractivity (Wildman–Crippen MR) is 217 cm³/mol. The summed E-state index contributed by atoms with van der Waals surface area (Å²) in [6.45, 7) is 11.5. The predicted octanol–water partition coefficient (Wildman–Crippen LogP) is 6.35. The van der Waals surface area contributed by atoms with E-state index in [1.165, 1.54) is 11.1 Å². The summed E-state index contributed by atoms with van der Waals surface area (Å²) in [4.78, 5) is 24.0. The fourth-order valence-corrected chi connectivity index (χ4v) is 8.86. The van der Waals surface area contributed by atoms with Crippen molar-refractivity contribution in [2.24, 2.45) is 0 Å². The number of amides is 4. The molecule has 53 heavy (non-hydrogen) atoms. The van der Waals surface area contributed by atoms with E-state index in [-0.39, 0.29) is 65.8 Å². The number of rotatable bonds is 9. The maximum atomic E-state index is 12.2. The van der Waals surface area contributed by atoms with Crippen molar-refractivity contribution < 1.29 is 57.5 Å². The zero-order valence-corrected chi connectivity index (χ0v) is 38.9. The van der Waals surface area contributed by atoms with Gasteiger partial charge in [-0.15, -0.1) is 0 Å². The minimum atomic E-state index is -3.16. The Morgan fingerprint density at radius 1 is 0.698 bits per heavy atom. The van der Waals surface area contributed by atoms with Crippen LogP contribution in [0.2, 0.25) is 0 Å². The van der Waals surface area contributed by atoms with Crippen LogP contribution in [0.1, 0.15) is 102 Å². The first-order chi connectivity index (χ1) is 25.1. The van der Waals surface area contributed by atoms with Crippen LogP contribution in [-0.4, -0.2) is 83.2 Å². The molecular formula is C36H58ClN6O6PS2U. The van der Waals surface area contributed by atoms with Gasteiger partial charge in [-0.25, -0.2) is 30.7 Å². The summed E-state index contributed by atoms with van der Waals surface area (Å²) in [5.74, 6) is 0.970. The standard InChI is InChI=1S/C18H27N3O3S.C15H23N3O.C3H5ClO2S.H3P.U/c1-13(2)14-3-5-15(6-4-14)19-18(22)20-16-9-11-21(12-10-16)25(23,24)17-7-8-17;1-11(2)12-3-5-13(6-4-12)17-15(19)18-14-7-9-16-10-8-14;4-7(5,6)3-1-2-3;;/h3-6,13,16-17H,7-12H2,1-2H3,(H2,19,20,22);3-6,11,14,16H,7-10H2,1-2H3,(H2,17,18,19);3H,1-2H2;1H3;/i;;;1T;. The van der Waals surface area contributed by atoms with Gasteiger partial charge in [0.05, 0.1) is 11.8 Å². The number of sulfonamides is 1. The van der Waals surface area contributed by atoms with Gasteiger partial charge < -0.3 is 26.6 Å². The van der Waals surface area contributed by atoms with Gasteiger partial charge in [0, 0.05) is 78.3 Å². The molecule has 2 aromatic carbocycles. The smallest absolute Gasteiger partial charge is 0.319 e. The Labute approximate surface area is 349 Å². The molecule has 4 fully saturated rings. The van der Waals surface area contributed by atoms with Crippen LogP contribution in [0, 0.1) is 31.1 Å². The summed E-state index contributed by atoms with van der Waals surface area (Å²) in [7, 11) is 0.317. The van der Waals surface area contributed by atoms with Gasteiger partial charge in [-0.1, -0.05) is 52.0 Å². The van der Waals surface area contributed by atoms with Crippen LogP contribution in [0.25, 0.3) is 0 Å². The minimum Gasteiger partial charge on any atom is -0.335 e. The molecule has 5 N–H and O–H groups in total. The number of halogens is 1. The van der Waals surface area contributed by atoms with E-state index in [0.717, 1.165) is 63.0 Å². The number of hydrogen-bond donors (Lipinski definition) is 5. The second-order valence-electron chi connectivity index (χ2n) is 14.4. The molecule has 0 bridgehead atoms. The van der Waals surface area contributed by atoms with E-state index < -0.39 is 19.1 Å². The van der Waals surface area contributed by atoms with Gasteiger partial charge in [-0.05, 0) is 112 Å².